The fourth-order valence-corrected chi connectivity index (χ4v) is 3.36. The van der Waals surface area contributed by atoms with E-state index in [1.54, 1.807) is 0 Å². The molecule has 1 saturated heterocycles. The van der Waals surface area contributed by atoms with Gasteiger partial charge < -0.3 is 20.7 Å². The van der Waals surface area contributed by atoms with E-state index in [0.717, 1.165) is 0 Å². The van der Waals surface area contributed by atoms with Gasteiger partial charge in [0.25, 0.3) is 0 Å². The van der Waals surface area contributed by atoms with Gasteiger partial charge in [-0.15, -0.1) is 5.11 Å². The van der Waals surface area contributed by atoms with Crippen LogP contribution in [-0.2, 0) is 8.28 Å². The molecule has 0 spiro atoms. The third kappa shape index (κ3) is 1.91. The minimum absolute atomic E-state index is 0.241. The fourth-order valence-electron chi connectivity index (χ4n) is 2.34. The normalized spacial score (nSPS) is 36.7. The smallest absolute Gasteiger partial charge is 0.191 e. The van der Waals surface area contributed by atoms with Crippen LogP contribution < -0.4 is 5.73 Å². The summed E-state index contributed by atoms with van der Waals surface area (Å²) < 4.78 is 4.79. The van der Waals surface area contributed by atoms with Crippen molar-refractivity contribution in [2.24, 2.45) is 10.2 Å². The number of nitrogens with two attached hydrogens (primary N) is 1. The summed E-state index contributed by atoms with van der Waals surface area (Å²) in [6.45, 7) is -0.241. The molecule has 0 aromatic carbocycles. The van der Waals surface area contributed by atoms with Gasteiger partial charge >= 0.3 is 0 Å². The van der Waals surface area contributed by atoms with E-state index in [4.69, 9.17) is 15.6 Å². The van der Waals surface area contributed by atoms with Gasteiger partial charge in [0.05, 0.1) is 18.3 Å². The maximum Gasteiger partial charge on any atom is 0.191 e. The van der Waals surface area contributed by atoms with Crippen LogP contribution in [-0.4, -0.2) is 45.1 Å². The summed E-state index contributed by atoms with van der Waals surface area (Å²) in [4.78, 5) is 7.97. The molecule has 9 heteroatoms. The Labute approximate surface area is 122 Å². The monoisotopic (exact) mass is 377 g/mol. The summed E-state index contributed by atoms with van der Waals surface area (Å²) in [5.41, 5.74) is 6.48. The molecule has 0 radical (unpaired) electrons. The van der Waals surface area contributed by atoms with Gasteiger partial charge in [0, 0.05) is 6.42 Å². The quantitative estimate of drug-likeness (QED) is 0.386. The summed E-state index contributed by atoms with van der Waals surface area (Å²) in [5.74, 6) is 0.724. The highest BCUT2D eigenvalue weighted by Gasteiger charge is 2.52. The van der Waals surface area contributed by atoms with Crippen molar-refractivity contribution in [3.8, 4) is 0 Å². The Morgan fingerprint density at radius 1 is 1.53 bits per heavy atom. The van der Waals surface area contributed by atoms with Gasteiger partial charge in [-0.25, -0.2) is 9.97 Å². The van der Waals surface area contributed by atoms with E-state index in [1.165, 1.54) is 6.33 Å². The van der Waals surface area contributed by atoms with Crippen molar-refractivity contribution in [1.29, 1.82) is 0 Å². The first-order valence-corrected chi connectivity index (χ1v) is 6.81. The maximum atomic E-state index is 9.83. The lowest BCUT2D eigenvalue weighted by molar-refractivity contribution is -0.0300. The van der Waals surface area contributed by atoms with Gasteiger partial charge in [-0.05, 0) is 22.6 Å². The Balaban J connectivity index is 1.97. The van der Waals surface area contributed by atoms with Gasteiger partial charge in [0.1, 0.15) is 24.4 Å². The SMILES string of the molecule is Nc1ncnc2c1C(I)([C@H]1CC(O)[C@@H](CO)O1)N=N2. The zero-order valence-electron chi connectivity index (χ0n) is 9.77. The number of hydrogen-bond acceptors (Lipinski definition) is 8. The second kappa shape index (κ2) is 4.58. The molecule has 1 aromatic heterocycles. The Bertz CT molecular complexity index is 542. The van der Waals surface area contributed by atoms with Crippen LogP contribution in [0.4, 0.5) is 11.6 Å². The minimum Gasteiger partial charge on any atom is -0.394 e. The molecule has 0 amide bonds. The van der Waals surface area contributed by atoms with E-state index in [-0.39, 0.29) is 6.61 Å². The van der Waals surface area contributed by atoms with E-state index in [9.17, 15) is 5.11 Å². The zero-order chi connectivity index (χ0) is 13.6. The molecule has 1 aromatic rings. The summed E-state index contributed by atoms with van der Waals surface area (Å²) in [5, 5.41) is 27.2. The van der Waals surface area contributed by atoms with Crippen LogP contribution >= 0.6 is 22.6 Å². The molecule has 102 valence electrons. The molecule has 0 bridgehead atoms. The first kappa shape index (κ1) is 13.1. The molecule has 2 unspecified atom stereocenters. The molecule has 1 fully saturated rings. The lowest BCUT2D eigenvalue weighted by atomic mass is 10.0. The van der Waals surface area contributed by atoms with Crippen molar-refractivity contribution < 1.29 is 14.9 Å². The number of azo groups is 1. The fraction of sp³-hybridized carbons (Fsp3) is 0.600. The molecule has 0 saturated carbocycles. The Morgan fingerprint density at radius 3 is 3.00 bits per heavy atom. The summed E-state index contributed by atoms with van der Waals surface area (Å²) in [6, 6.07) is 0. The average molecular weight is 377 g/mol. The molecule has 8 nitrogen and oxygen atoms in total. The van der Waals surface area contributed by atoms with Gasteiger partial charge in [-0.3, -0.25) is 0 Å². The molecule has 2 aliphatic heterocycles. The van der Waals surface area contributed by atoms with Gasteiger partial charge in [-0.2, -0.15) is 5.11 Å². The van der Waals surface area contributed by atoms with Crippen LogP contribution in [0.5, 0.6) is 0 Å². The van der Waals surface area contributed by atoms with Crippen LogP contribution in [0.15, 0.2) is 16.6 Å². The van der Waals surface area contributed by atoms with E-state index in [1.807, 2.05) is 0 Å². The predicted molar refractivity (Wildman–Crippen MR) is 73.0 cm³/mol. The zero-order valence-corrected chi connectivity index (χ0v) is 11.9. The molecule has 3 heterocycles. The number of nitrogens with zero attached hydrogens (tertiary/aromatic N) is 4. The van der Waals surface area contributed by atoms with Crippen LogP contribution in [0.1, 0.15) is 12.0 Å². The summed E-state index contributed by atoms with van der Waals surface area (Å²) in [7, 11) is 0. The number of fused-ring (bicyclic) bond motifs is 1. The number of rotatable bonds is 2. The molecular formula is C10H12IN5O3. The van der Waals surface area contributed by atoms with Gasteiger partial charge in [0.15, 0.2) is 9.36 Å². The third-order valence-electron chi connectivity index (χ3n) is 3.33. The number of alkyl halides is 1. The minimum atomic E-state index is -0.858. The topological polar surface area (TPSA) is 126 Å². The highest BCUT2D eigenvalue weighted by molar-refractivity contribution is 14.1. The number of aliphatic hydroxyl groups excluding tert-OH is 2. The number of halogens is 1. The number of hydrogen-bond donors (Lipinski definition) is 3. The highest BCUT2D eigenvalue weighted by atomic mass is 127. The molecule has 4 atom stereocenters. The third-order valence-corrected chi connectivity index (χ3v) is 4.78. The van der Waals surface area contributed by atoms with Crippen LogP contribution in [0.2, 0.25) is 0 Å². The number of ether oxygens (including phenoxy) is 1. The van der Waals surface area contributed by atoms with Crippen molar-refractivity contribution in [2.45, 2.75) is 28.3 Å². The Hall–Kier alpha value is -0.910. The Morgan fingerprint density at radius 2 is 2.32 bits per heavy atom. The largest absolute Gasteiger partial charge is 0.394 e. The molecule has 0 aliphatic carbocycles. The first-order chi connectivity index (χ1) is 9.06. The van der Waals surface area contributed by atoms with E-state index >= 15 is 0 Å². The van der Waals surface area contributed by atoms with Crippen LogP contribution in [0.25, 0.3) is 0 Å². The van der Waals surface area contributed by atoms with E-state index in [0.29, 0.717) is 23.6 Å². The van der Waals surface area contributed by atoms with E-state index < -0.39 is 21.9 Å². The van der Waals surface area contributed by atoms with Crippen molar-refractivity contribution in [2.75, 3.05) is 12.3 Å². The number of aromatic nitrogens is 2. The van der Waals surface area contributed by atoms with Gasteiger partial charge in [0.2, 0.25) is 0 Å². The second-order valence-electron chi connectivity index (χ2n) is 4.48. The Kier molecular flexibility index (Phi) is 3.15. The molecule has 4 N–H and O–H groups in total. The highest BCUT2D eigenvalue weighted by Crippen LogP contribution is 2.52. The molecule has 3 rings (SSSR count). The second-order valence-corrected chi connectivity index (χ2v) is 6.12. The van der Waals surface area contributed by atoms with Crippen LogP contribution in [0.3, 0.4) is 0 Å². The molecule has 2 aliphatic rings. The van der Waals surface area contributed by atoms with Crippen molar-refractivity contribution in [3.63, 3.8) is 0 Å². The van der Waals surface area contributed by atoms with Crippen molar-refractivity contribution in [1.82, 2.24) is 9.97 Å². The van der Waals surface area contributed by atoms with E-state index in [2.05, 4.69) is 42.8 Å². The van der Waals surface area contributed by atoms with Gasteiger partial charge in [-0.1, -0.05) is 0 Å². The predicted octanol–water partition coefficient (Wildman–Crippen LogP) is 0.255. The number of aliphatic hydroxyl groups is 2. The lowest BCUT2D eigenvalue weighted by Crippen LogP contribution is -2.32. The van der Waals surface area contributed by atoms with Crippen molar-refractivity contribution in [3.05, 3.63) is 11.9 Å². The number of anilines is 1. The first-order valence-electron chi connectivity index (χ1n) is 5.73. The summed E-state index contributed by atoms with van der Waals surface area (Å²) in [6.07, 6.45) is -0.0933. The summed E-state index contributed by atoms with van der Waals surface area (Å²) >= 11 is 2.08. The maximum absolute atomic E-state index is 9.83. The molecule has 19 heavy (non-hydrogen) atoms. The average Bonchev–Trinajstić information content (AvgIpc) is 2.93. The van der Waals surface area contributed by atoms with Crippen molar-refractivity contribution >= 4 is 34.2 Å². The standard InChI is InChI=1S/C10H12IN5O3/c11-10(6-1-4(18)5(2-17)19-6)7-8(12)13-3-14-9(7)15-16-10/h3-6,17-18H,1-2H2,(H2,12,13,14)/t4?,5-,6-,10?/m1/s1. The number of nitrogen functional groups attached to an aromatic ring is 1. The lowest BCUT2D eigenvalue weighted by Gasteiger charge is -2.25. The molecular weight excluding hydrogens is 365 g/mol. The van der Waals surface area contributed by atoms with Crippen LogP contribution in [0, 0.1) is 0 Å².